The zero-order chi connectivity index (χ0) is 25.7. The highest BCUT2D eigenvalue weighted by molar-refractivity contribution is 7.19. The van der Waals surface area contributed by atoms with Crippen molar-refractivity contribution in [1.82, 2.24) is 9.88 Å². The van der Waals surface area contributed by atoms with Crippen LogP contribution in [0.15, 0.2) is 91.0 Å². The van der Waals surface area contributed by atoms with E-state index in [1.165, 1.54) is 21.0 Å². The Kier molecular flexibility index (Phi) is 7.49. The predicted molar refractivity (Wildman–Crippen MR) is 159 cm³/mol. The Morgan fingerprint density at radius 2 is 1.66 bits per heavy atom. The van der Waals surface area contributed by atoms with Crippen molar-refractivity contribution < 1.29 is 9.84 Å². The van der Waals surface area contributed by atoms with Gasteiger partial charge in [0.1, 0.15) is 23.5 Å². The molecule has 5 heteroatoms. The molecule has 5 aromatic rings. The van der Waals surface area contributed by atoms with Crippen molar-refractivity contribution >= 4 is 44.5 Å². The Labute approximate surface area is 227 Å². The quantitative estimate of drug-likeness (QED) is 0.234. The molecule has 0 spiro atoms. The second kappa shape index (κ2) is 11.5. The molecule has 1 aliphatic heterocycles. The Bertz CT molecular complexity index is 1520. The van der Waals surface area contributed by atoms with E-state index in [-0.39, 0.29) is 6.61 Å². The van der Waals surface area contributed by atoms with Crippen molar-refractivity contribution in [3.8, 4) is 5.75 Å². The predicted octanol–water partition coefficient (Wildman–Crippen LogP) is 7.24. The molecule has 1 atom stereocenters. The van der Waals surface area contributed by atoms with E-state index >= 15 is 0 Å². The maximum Gasteiger partial charge on any atom is 0.126 e. The van der Waals surface area contributed by atoms with Crippen molar-refractivity contribution in [3.63, 3.8) is 0 Å². The van der Waals surface area contributed by atoms with E-state index in [1.807, 2.05) is 54.6 Å². The number of likely N-dealkylation sites (tertiary alicyclic amines) is 1. The van der Waals surface area contributed by atoms with E-state index in [9.17, 15) is 5.11 Å². The van der Waals surface area contributed by atoms with E-state index in [2.05, 4.69) is 58.4 Å². The molecule has 1 aromatic heterocycles. The van der Waals surface area contributed by atoms with Gasteiger partial charge in [0.25, 0.3) is 0 Å². The molecule has 0 aliphatic carbocycles. The highest BCUT2D eigenvalue weighted by atomic mass is 32.1. The molecule has 0 bridgehead atoms. The Morgan fingerprint density at radius 1 is 0.895 bits per heavy atom. The molecule has 0 amide bonds. The molecule has 1 aliphatic rings. The van der Waals surface area contributed by atoms with Crippen LogP contribution < -0.4 is 4.74 Å². The third kappa shape index (κ3) is 5.81. The van der Waals surface area contributed by atoms with Gasteiger partial charge < -0.3 is 14.7 Å². The van der Waals surface area contributed by atoms with Gasteiger partial charge in [-0.25, -0.2) is 4.98 Å². The van der Waals surface area contributed by atoms with E-state index < -0.39 is 6.10 Å². The Hall–Kier alpha value is -3.51. The molecule has 0 radical (unpaired) electrons. The molecule has 1 saturated heterocycles. The molecular weight excluding hydrogens is 488 g/mol. The first-order valence-electron chi connectivity index (χ1n) is 13.4. The lowest BCUT2D eigenvalue weighted by atomic mass is 9.88. The van der Waals surface area contributed by atoms with Crippen LogP contribution in [0.3, 0.4) is 0 Å². The summed E-state index contributed by atoms with van der Waals surface area (Å²) in [5, 5.41) is 14.3. The highest BCUT2D eigenvalue weighted by Crippen LogP contribution is 2.30. The van der Waals surface area contributed by atoms with Crippen LogP contribution in [0.25, 0.3) is 33.1 Å². The zero-order valence-corrected chi connectivity index (χ0v) is 22.2. The van der Waals surface area contributed by atoms with Crippen LogP contribution in [0.4, 0.5) is 0 Å². The minimum Gasteiger partial charge on any atom is -0.490 e. The first-order valence-corrected chi connectivity index (χ1v) is 14.2. The van der Waals surface area contributed by atoms with Gasteiger partial charge in [-0.3, -0.25) is 0 Å². The molecule has 1 unspecified atom stereocenters. The first-order chi connectivity index (χ1) is 18.7. The molecule has 6 rings (SSSR count). The van der Waals surface area contributed by atoms with E-state index in [4.69, 9.17) is 4.74 Å². The number of rotatable bonds is 8. The molecule has 1 N–H and O–H groups in total. The lowest BCUT2D eigenvalue weighted by Crippen LogP contribution is -2.40. The average molecular weight is 521 g/mol. The Balaban J connectivity index is 1.01. The molecule has 4 nitrogen and oxygen atoms in total. The smallest absolute Gasteiger partial charge is 0.126 e. The number of hydrogen-bond donors (Lipinski definition) is 1. The number of hydrogen-bond acceptors (Lipinski definition) is 5. The number of thiazole rings is 1. The fourth-order valence-corrected chi connectivity index (χ4v) is 6.19. The van der Waals surface area contributed by atoms with Crippen molar-refractivity contribution in [1.29, 1.82) is 0 Å². The fraction of sp³-hybridized carbons (Fsp3) is 0.242. The number of nitrogens with zero attached hydrogens (tertiary/aromatic N) is 2. The number of fused-ring (bicyclic) bond motifs is 2. The average Bonchev–Trinajstić information content (AvgIpc) is 3.39. The molecule has 192 valence electrons. The van der Waals surface area contributed by atoms with Gasteiger partial charge in [0.2, 0.25) is 0 Å². The van der Waals surface area contributed by atoms with Crippen LogP contribution in [0.5, 0.6) is 5.75 Å². The molecular formula is C33H32N2O2S. The van der Waals surface area contributed by atoms with Crippen molar-refractivity contribution in [2.24, 2.45) is 0 Å². The number of β-amino-alcohol motifs (C(OH)–C–C–N with tert-alkyl or cyclic N) is 1. The van der Waals surface area contributed by atoms with Crippen molar-refractivity contribution in [2.75, 3.05) is 26.2 Å². The first kappa shape index (κ1) is 24.8. The summed E-state index contributed by atoms with van der Waals surface area (Å²) < 4.78 is 7.26. The normalized spacial score (nSPS) is 15.9. The molecule has 1 fully saturated rings. The fourth-order valence-electron chi connectivity index (χ4n) is 5.32. The summed E-state index contributed by atoms with van der Waals surface area (Å²) >= 11 is 1.67. The number of aliphatic hydroxyl groups is 1. The van der Waals surface area contributed by atoms with Gasteiger partial charge in [-0.05, 0) is 78.5 Å². The standard InChI is InChI=1S/C33H32N2O2S/c36-29(22-35-19-17-25(18-20-35)28-14-13-24-7-1-2-9-27(24)21-28)23-37-31-11-5-3-8-26(31)15-16-33-34-30-10-4-6-12-32(30)38-33/h1-16,21,25,29,36H,17-20,22-23H2. The Morgan fingerprint density at radius 3 is 2.53 bits per heavy atom. The monoisotopic (exact) mass is 520 g/mol. The number of aliphatic hydroxyl groups excluding tert-OH is 1. The largest absolute Gasteiger partial charge is 0.490 e. The molecule has 2 heterocycles. The number of para-hydroxylation sites is 2. The number of benzene rings is 4. The number of aromatic nitrogens is 1. The molecule has 4 aromatic carbocycles. The number of ether oxygens (including phenoxy) is 1. The summed E-state index contributed by atoms with van der Waals surface area (Å²) in [4.78, 5) is 7.05. The lowest BCUT2D eigenvalue weighted by Gasteiger charge is -2.33. The maximum atomic E-state index is 10.8. The minimum atomic E-state index is -0.534. The third-order valence-electron chi connectivity index (χ3n) is 7.37. The lowest BCUT2D eigenvalue weighted by molar-refractivity contribution is 0.0594. The zero-order valence-electron chi connectivity index (χ0n) is 21.4. The van der Waals surface area contributed by atoms with Gasteiger partial charge in [0.15, 0.2) is 0 Å². The van der Waals surface area contributed by atoms with Crippen LogP contribution in [0.1, 0.15) is 34.9 Å². The summed E-state index contributed by atoms with van der Waals surface area (Å²) in [7, 11) is 0. The van der Waals surface area contributed by atoms with Gasteiger partial charge in [-0.1, -0.05) is 72.8 Å². The highest BCUT2D eigenvalue weighted by Gasteiger charge is 2.22. The van der Waals surface area contributed by atoms with Gasteiger partial charge in [0.05, 0.1) is 10.2 Å². The van der Waals surface area contributed by atoms with Crippen molar-refractivity contribution in [3.05, 3.63) is 107 Å². The van der Waals surface area contributed by atoms with Gasteiger partial charge in [0, 0.05) is 12.1 Å². The second-order valence-corrected chi connectivity index (χ2v) is 11.1. The summed E-state index contributed by atoms with van der Waals surface area (Å²) in [6.07, 6.45) is 5.77. The molecule has 38 heavy (non-hydrogen) atoms. The van der Waals surface area contributed by atoms with Crippen molar-refractivity contribution in [2.45, 2.75) is 24.9 Å². The van der Waals surface area contributed by atoms with E-state index in [0.717, 1.165) is 47.8 Å². The summed E-state index contributed by atoms with van der Waals surface area (Å²) in [6.45, 7) is 2.90. The third-order valence-corrected chi connectivity index (χ3v) is 8.37. The summed E-state index contributed by atoms with van der Waals surface area (Å²) in [5.41, 5.74) is 3.43. The summed E-state index contributed by atoms with van der Waals surface area (Å²) in [5.74, 6) is 1.36. The molecule has 0 saturated carbocycles. The van der Waals surface area contributed by atoms with Gasteiger partial charge in [-0.15, -0.1) is 11.3 Å². The maximum absolute atomic E-state index is 10.8. The topological polar surface area (TPSA) is 45.6 Å². The van der Waals surface area contributed by atoms with Crippen LogP contribution >= 0.6 is 11.3 Å². The summed E-state index contributed by atoms with van der Waals surface area (Å²) in [6, 6.07) is 31.6. The van der Waals surface area contributed by atoms with Crippen LogP contribution in [-0.2, 0) is 0 Å². The SMILES string of the molecule is OC(COc1ccccc1C=Cc1nc2ccccc2s1)CN1CCC(c2ccc3ccccc3c2)CC1. The number of piperidine rings is 1. The van der Waals surface area contributed by atoms with Gasteiger partial charge >= 0.3 is 0 Å². The van der Waals surface area contributed by atoms with Gasteiger partial charge in [-0.2, -0.15) is 0 Å². The van der Waals surface area contributed by atoms with Crippen LogP contribution in [0.2, 0.25) is 0 Å². The van der Waals surface area contributed by atoms with Crippen LogP contribution in [0, 0.1) is 0 Å². The van der Waals surface area contributed by atoms with Crippen LogP contribution in [-0.4, -0.2) is 47.3 Å². The minimum absolute atomic E-state index is 0.274. The van der Waals surface area contributed by atoms with E-state index in [0.29, 0.717) is 12.5 Å². The second-order valence-electron chi connectivity index (χ2n) is 10.0. The van der Waals surface area contributed by atoms with E-state index in [1.54, 1.807) is 11.3 Å².